The lowest BCUT2D eigenvalue weighted by Crippen LogP contribution is -2.33. The molecule has 0 atom stereocenters. The van der Waals surface area contributed by atoms with E-state index in [4.69, 9.17) is 0 Å². The molecule has 12 heavy (non-hydrogen) atoms. The Labute approximate surface area is 77.5 Å². The maximum atomic E-state index is 3.84. The van der Waals surface area contributed by atoms with Crippen molar-refractivity contribution in [3.63, 3.8) is 0 Å². The van der Waals surface area contributed by atoms with Crippen LogP contribution in [0.15, 0.2) is 0 Å². The average Bonchev–Trinajstić information content (AvgIpc) is 2.07. The number of likely N-dealkylation sites (N-methyl/N-ethyl adjacent to an activating group) is 2. The third kappa shape index (κ3) is 5.56. The van der Waals surface area contributed by atoms with Crippen LogP contribution in [0.1, 0.15) is 20.3 Å². The minimum Gasteiger partial charge on any atom is -0.305 e. The van der Waals surface area contributed by atoms with Crippen LogP contribution in [0.2, 0.25) is 0 Å². The maximum Gasteiger partial charge on any atom is 0.0109 e. The van der Waals surface area contributed by atoms with Crippen molar-refractivity contribution < 1.29 is 0 Å². The molecule has 0 N–H and O–H groups in total. The van der Waals surface area contributed by atoms with Gasteiger partial charge in [0.05, 0.1) is 0 Å². The molecule has 0 aromatic heterocycles. The van der Waals surface area contributed by atoms with Crippen molar-refractivity contribution in [3.05, 3.63) is 6.92 Å². The molecule has 0 aromatic rings. The average molecular weight is 171 g/mol. The van der Waals surface area contributed by atoms with Crippen LogP contribution < -0.4 is 0 Å². The van der Waals surface area contributed by atoms with Gasteiger partial charge in [-0.1, -0.05) is 20.8 Å². The summed E-state index contributed by atoms with van der Waals surface area (Å²) in [7, 11) is 2.16. The fraction of sp³-hybridized carbons (Fsp3) is 0.900. The van der Waals surface area contributed by atoms with Gasteiger partial charge in [0.15, 0.2) is 0 Å². The molecule has 0 saturated carbocycles. The molecule has 0 fully saturated rings. The molecular weight excluding hydrogens is 148 g/mol. The summed E-state index contributed by atoms with van der Waals surface area (Å²) in [5.41, 5.74) is 0. The van der Waals surface area contributed by atoms with E-state index in [1.165, 1.54) is 6.54 Å². The Hall–Kier alpha value is -0.0800. The lowest BCUT2D eigenvalue weighted by molar-refractivity contribution is 0.242. The number of rotatable bonds is 7. The smallest absolute Gasteiger partial charge is 0.0109 e. The Bertz CT molecular complexity index is 89.8. The first kappa shape index (κ1) is 11.9. The van der Waals surface area contributed by atoms with Gasteiger partial charge in [-0.2, -0.15) is 0 Å². The van der Waals surface area contributed by atoms with Gasteiger partial charge in [0.25, 0.3) is 0 Å². The third-order valence-electron chi connectivity index (χ3n) is 2.23. The van der Waals surface area contributed by atoms with Crippen LogP contribution in [0, 0.1) is 6.92 Å². The summed E-state index contributed by atoms with van der Waals surface area (Å²) >= 11 is 0. The highest BCUT2D eigenvalue weighted by Gasteiger charge is 2.00. The monoisotopic (exact) mass is 171 g/mol. The fourth-order valence-corrected chi connectivity index (χ4v) is 1.23. The second-order valence-corrected chi connectivity index (χ2v) is 3.18. The molecule has 2 heteroatoms. The van der Waals surface area contributed by atoms with Crippen molar-refractivity contribution in [1.29, 1.82) is 0 Å². The molecule has 0 unspecified atom stereocenters. The number of nitrogens with zero attached hydrogens (tertiary/aromatic N) is 2. The molecular formula is C10H23N2. The Balaban J connectivity index is 3.37. The van der Waals surface area contributed by atoms with Gasteiger partial charge >= 0.3 is 0 Å². The van der Waals surface area contributed by atoms with Crippen molar-refractivity contribution in [1.82, 2.24) is 9.80 Å². The van der Waals surface area contributed by atoms with Gasteiger partial charge in [-0.3, -0.25) is 0 Å². The van der Waals surface area contributed by atoms with Crippen LogP contribution in [0.3, 0.4) is 0 Å². The SMILES string of the molecule is [CH2]CCN(C)CCN(CC)CC. The van der Waals surface area contributed by atoms with Crippen LogP contribution in [-0.2, 0) is 0 Å². The lowest BCUT2D eigenvalue weighted by Gasteiger charge is -2.22. The highest BCUT2D eigenvalue weighted by Crippen LogP contribution is 1.90. The molecule has 0 rings (SSSR count). The van der Waals surface area contributed by atoms with Crippen molar-refractivity contribution in [3.8, 4) is 0 Å². The molecule has 0 aliphatic carbocycles. The van der Waals surface area contributed by atoms with E-state index in [1.54, 1.807) is 0 Å². The molecule has 0 aromatic carbocycles. The van der Waals surface area contributed by atoms with Gasteiger partial charge in [-0.25, -0.2) is 0 Å². The van der Waals surface area contributed by atoms with E-state index in [0.717, 1.165) is 32.6 Å². The molecule has 0 amide bonds. The van der Waals surface area contributed by atoms with Crippen LogP contribution >= 0.6 is 0 Å². The summed E-state index contributed by atoms with van der Waals surface area (Å²) in [6.07, 6.45) is 1.01. The van der Waals surface area contributed by atoms with E-state index in [1.807, 2.05) is 0 Å². The van der Waals surface area contributed by atoms with Crippen molar-refractivity contribution >= 4 is 0 Å². The standard InChI is InChI=1S/C10H23N2/c1-5-8-11(4)9-10-12(6-2)7-3/h1,5-10H2,2-4H3. The molecule has 0 heterocycles. The van der Waals surface area contributed by atoms with E-state index in [-0.39, 0.29) is 0 Å². The van der Waals surface area contributed by atoms with Gasteiger partial charge in [-0.05, 0) is 33.1 Å². The molecule has 0 aliphatic heterocycles. The van der Waals surface area contributed by atoms with E-state index in [0.29, 0.717) is 0 Å². The largest absolute Gasteiger partial charge is 0.305 e. The Morgan fingerprint density at radius 3 is 2.00 bits per heavy atom. The predicted octanol–water partition coefficient (Wildman–Crippen LogP) is 1.48. The summed E-state index contributed by atoms with van der Waals surface area (Å²) < 4.78 is 0. The fourth-order valence-electron chi connectivity index (χ4n) is 1.23. The minimum absolute atomic E-state index is 1.01. The Morgan fingerprint density at radius 2 is 1.58 bits per heavy atom. The summed E-state index contributed by atoms with van der Waals surface area (Å²) in [6, 6.07) is 0. The van der Waals surface area contributed by atoms with Gasteiger partial charge in [0.2, 0.25) is 0 Å². The number of hydrogen-bond donors (Lipinski definition) is 0. The van der Waals surface area contributed by atoms with E-state index in [9.17, 15) is 0 Å². The van der Waals surface area contributed by atoms with E-state index >= 15 is 0 Å². The molecule has 0 saturated heterocycles. The van der Waals surface area contributed by atoms with Crippen molar-refractivity contribution in [2.75, 3.05) is 39.8 Å². The lowest BCUT2D eigenvalue weighted by atomic mass is 10.4. The van der Waals surface area contributed by atoms with Gasteiger partial charge in [0.1, 0.15) is 0 Å². The zero-order valence-electron chi connectivity index (χ0n) is 8.84. The maximum absolute atomic E-state index is 3.84. The highest BCUT2D eigenvalue weighted by atomic mass is 15.2. The first-order valence-corrected chi connectivity index (χ1v) is 4.94. The summed E-state index contributed by atoms with van der Waals surface area (Å²) in [5.74, 6) is 0. The molecule has 73 valence electrons. The zero-order chi connectivity index (χ0) is 9.40. The second-order valence-electron chi connectivity index (χ2n) is 3.18. The Kier molecular flexibility index (Phi) is 7.51. The molecule has 1 radical (unpaired) electrons. The van der Waals surface area contributed by atoms with Crippen LogP contribution in [0.4, 0.5) is 0 Å². The molecule has 0 aliphatic rings. The van der Waals surface area contributed by atoms with Crippen LogP contribution in [-0.4, -0.2) is 49.6 Å². The molecule has 0 spiro atoms. The van der Waals surface area contributed by atoms with Crippen molar-refractivity contribution in [2.45, 2.75) is 20.3 Å². The first-order chi connectivity index (χ1) is 5.74. The van der Waals surface area contributed by atoms with Crippen LogP contribution in [0.25, 0.3) is 0 Å². The topological polar surface area (TPSA) is 6.48 Å². The zero-order valence-corrected chi connectivity index (χ0v) is 8.84. The minimum atomic E-state index is 1.01. The summed E-state index contributed by atoms with van der Waals surface area (Å²) in [5, 5.41) is 0. The van der Waals surface area contributed by atoms with Gasteiger partial charge in [-0.15, -0.1) is 0 Å². The van der Waals surface area contributed by atoms with Gasteiger partial charge in [0, 0.05) is 13.1 Å². The van der Waals surface area contributed by atoms with Crippen LogP contribution in [0.5, 0.6) is 0 Å². The predicted molar refractivity (Wildman–Crippen MR) is 55.3 cm³/mol. The Morgan fingerprint density at radius 1 is 1.00 bits per heavy atom. The highest BCUT2D eigenvalue weighted by molar-refractivity contribution is 4.58. The summed E-state index contributed by atoms with van der Waals surface area (Å²) in [4.78, 5) is 4.78. The molecule has 0 bridgehead atoms. The van der Waals surface area contributed by atoms with Gasteiger partial charge < -0.3 is 9.80 Å². The first-order valence-electron chi connectivity index (χ1n) is 4.94. The summed E-state index contributed by atoms with van der Waals surface area (Å²) in [6.45, 7) is 14.0. The van der Waals surface area contributed by atoms with Crippen molar-refractivity contribution in [2.24, 2.45) is 0 Å². The quantitative estimate of drug-likeness (QED) is 0.572. The number of hydrogen-bond acceptors (Lipinski definition) is 2. The van der Waals surface area contributed by atoms with E-state index in [2.05, 4.69) is 37.6 Å². The normalized spacial score (nSPS) is 11.5. The van der Waals surface area contributed by atoms with E-state index < -0.39 is 0 Å². The molecule has 2 nitrogen and oxygen atoms in total. The third-order valence-corrected chi connectivity index (χ3v) is 2.23. The second kappa shape index (κ2) is 7.56.